The van der Waals surface area contributed by atoms with Crippen LogP contribution in [0.15, 0.2) is 36.8 Å². The first-order valence-corrected chi connectivity index (χ1v) is 5.38. The van der Waals surface area contributed by atoms with Crippen LogP contribution in [0.2, 0.25) is 5.28 Å². The van der Waals surface area contributed by atoms with Crippen LogP contribution in [-0.4, -0.2) is 19.9 Å². The number of aromatic nitrogens is 4. The van der Waals surface area contributed by atoms with E-state index in [2.05, 4.69) is 25.3 Å². The van der Waals surface area contributed by atoms with E-state index in [4.69, 9.17) is 11.6 Å². The van der Waals surface area contributed by atoms with Gasteiger partial charge in [-0.2, -0.15) is 4.98 Å². The summed E-state index contributed by atoms with van der Waals surface area (Å²) >= 11 is 5.70. The lowest BCUT2D eigenvalue weighted by Crippen LogP contribution is -1.98. The number of nitrogens with zero attached hydrogens (tertiary/aromatic N) is 3. The monoisotopic (exact) mass is 245 g/mol. The summed E-state index contributed by atoms with van der Waals surface area (Å²) in [5, 5.41) is 4.35. The van der Waals surface area contributed by atoms with Gasteiger partial charge >= 0.3 is 0 Å². The van der Waals surface area contributed by atoms with Crippen LogP contribution < -0.4 is 5.32 Å². The zero-order valence-corrected chi connectivity index (χ0v) is 9.44. The Kier molecular flexibility index (Phi) is 2.38. The molecule has 0 unspecified atom stereocenters. The van der Waals surface area contributed by atoms with Gasteiger partial charge < -0.3 is 10.3 Å². The van der Waals surface area contributed by atoms with Gasteiger partial charge in [0.2, 0.25) is 11.2 Å². The molecular formula is C11H8ClN5. The standard InChI is InChI=1S/C11H8ClN5/c12-10-14-6-15-11(17-10)16-9-3-1-2-8-7(9)4-5-13-8/h1-6,13H,(H,14,15,16,17). The number of halogens is 1. The van der Waals surface area contributed by atoms with Crippen molar-refractivity contribution < 1.29 is 0 Å². The largest absolute Gasteiger partial charge is 0.361 e. The molecule has 2 aromatic heterocycles. The first-order valence-electron chi connectivity index (χ1n) is 5.00. The molecule has 0 aliphatic rings. The molecule has 6 heteroatoms. The van der Waals surface area contributed by atoms with Gasteiger partial charge in [-0.3, -0.25) is 0 Å². The molecule has 2 heterocycles. The number of H-pyrrole nitrogens is 1. The Morgan fingerprint density at radius 3 is 3.00 bits per heavy atom. The molecule has 0 atom stereocenters. The van der Waals surface area contributed by atoms with Gasteiger partial charge in [-0.05, 0) is 29.8 Å². The second kappa shape index (κ2) is 4.03. The lowest BCUT2D eigenvalue weighted by atomic mass is 10.2. The molecule has 3 rings (SSSR count). The molecule has 1 aromatic carbocycles. The van der Waals surface area contributed by atoms with Gasteiger partial charge in [0.15, 0.2) is 0 Å². The fraction of sp³-hybridized carbons (Fsp3) is 0. The topological polar surface area (TPSA) is 66.5 Å². The van der Waals surface area contributed by atoms with E-state index >= 15 is 0 Å². The van der Waals surface area contributed by atoms with E-state index in [9.17, 15) is 0 Å². The average molecular weight is 246 g/mol. The van der Waals surface area contributed by atoms with Gasteiger partial charge in [-0.1, -0.05) is 6.07 Å². The van der Waals surface area contributed by atoms with Crippen LogP contribution in [0.1, 0.15) is 0 Å². The molecule has 84 valence electrons. The summed E-state index contributed by atoms with van der Waals surface area (Å²) in [6.45, 7) is 0. The molecule has 17 heavy (non-hydrogen) atoms. The molecular weight excluding hydrogens is 238 g/mol. The number of nitrogens with one attached hydrogen (secondary N) is 2. The van der Waals surface area contributed by atoms with Gasteiger partial charge in [-0.25, -0.2) is 9.97 Å². The van der Waals surface area contributed by atoms with Gasteiger partial charge in [-0.15, -0.1) is 0 Å². The molecule has 0 aliphatic carbocycles. The summed E-state index contributed by atoms with van der Waals surface area (Å²) in [6, 6.07) is 7.89. The smallest absolute Gasteiger partial charge is 0.231 e. The fourth-order valence-electron chi connectivity index (χ4n) is 1.65. The van der Waals surface area contributed by atoms with Crippen molar-refractivity contribution in [2.24, 2.45) is 0 Å². The van der Waals surface area contributed by atoms with Crippen molar-refractivity contribution in [1.82, 2.24) is 19.9 Å². The maximum absolute atomic E-state index is 5.70. The Labute approximate surface area is 102 Å². The first-order chi connectivity index (χ1) is 8.33. The second-order valence-electron chi connectivity index (χ2n) is 3.45. The van der Waals surface area contributed by atoms with Crippen molar-refractivity contribution in [2.45, 2.75) is 0 Å². The number of fused-ring (bicyclic) bond motifs is 1. The van der Waals surface area contributed by atoms with E-state index < -0.39 is 0 Å². The Balaban J connectivity index is 2.02. The van der Waals surface area contributed by atoms with Crippen molar-refractivity contribution >= 4 is 34.1 Å². The van der Waals surface area contributed by atoms with E-state index in [1.807, 2.05) is 30.5 Å². The molecule has 2 N–H and O–H groups in total. The number of benzene rings is 1. The quantitative estimate of drug-likeness (QED) is 0.729. The highest BCUT2D eigenvalue weighted by Gasteiger charge is 2.03. The predicted molar refractivity (Wildman–Crippen MR) is 66.4 cm³/mol. The highest BCUT2D eigenvalue weighted by molar-refractivity contribution is 6.28. The Morgan fingerprint density at radius 1 is 1.18 bits per heavy atom. The maximum Gasteiger partial charge on any atom is 0.231 e. The SMILES string of the molecule is Clc1ncnc(Nc2cccc3[nH]ccc23)n1. The normalized spacial score (nSPS) is 10.6. The summed E-state index contributed by atoms with van der Waals surface area (Å²) in [7, 11) is 0. The molecule has 0 bridgehead atoms. The highest BCUT2D eigenvalue weighted by atomic mass is 35.5. The minimum absolute atomic E-state index is 0.170. The van der Waals surface area contributed by atoms with Crippen molar-refractivity contribution in [3.8, 4) is 0 Å². The van der Waals surface area contributed by atoms with Crippen molar-refractivity contribution in [3.05, 3.63) is 42.1 Å². The number of aromatic amines is 1. The predicted octanol–water partition coefficient (Wildman–Crippen LogP) is 2.75. The van der Waals surface area contributed by atoms with E-state index in [0.717, 1.165) is 16.6 Å². The Morgan fingerprint density at radius 2 is 2.12 bits per heavy atom. The molecule has 0 spiro atoms. The van der Waals surface area contributed by atoms with Crippen molar-refractivity contribution in [3.63, 3.8) is 0 Å². The lowest BCUT2D eigenvalue weighted by Gasteiger charge is -2.05. The van der Waals surface area contributed by atoms with Gasteiger partial charge in [0, 0.05) is 17.1 Å². The molecule has 0 saturated heterocycles. The Bertz CT molecular complexity index is 664. The number of hydrogen-bond acceptors (Lipinski definition) is 4. The third kappa shape index (κ3) is 1.92. The van der Waals surface area contributed by atoms with E-state index in [1.54, 1.807) is 0 Å². The highest BCUT2D eigenvalue weighted by Crippen LogP contribution is 2.24. The molecule has 0 amide bonds. The van der Waals surface area contributed by atoms with E-state index in [0.29, 0.717) is 5.95 Å². The summed E-state index contributed by atoms with van der Waals surface area (Å²) in [4.78, 5) is 14.8. The first kappa shape index (κ1) is 10.0. The van der Waals surface area contributed by atoms with Crippen LogP contribution in [-0.2, 0) is 0 Å². The minimum atomic E-state index is 0.170. The van der Waals surface area contributed by atoms with Crippen LogP contribution in [0.4, 0.5) is 11.6 Å². The van der Waals surface area contributed by atoms with Crippen molar-refractivity contribution in [2.75, 3.05) is 5.32 Å². The zero-order valence-electron chi connectivity index (χ0n) is 8.68. The number of rotatable bonds is 2. The number of anilines is 2. The third-order valence-electron chi connectivity index (χ3n) is 2.38. The summed E-state index contributed by atoms with van der Waals surface area (Å²) in [6.07, 6.45) is 3.26. The van der Waals surface area contributed by atoms with E-state index in [1.165, 1.54) is 6.33 Å². The van der Waals surface area contributed by atoms with Crippen molar-refractivity contribution in [1.29, 1.82) is 0 Å². The zero-order chi connectivity index (χ0) is 11.7. The summed E-state index contributed by atoms with van der Waals surface area (Å²) in [5.74, 6) is 0.429. The summed E-state index contributed by atoms with van der Waals surface area (Å²) in [5.41, 5.74) is 1.97. The molecule has 3 aromatic rings. The van der Waals surface area contributed by atoms with Crippen LogP contribution in [0, 0.1) is 0 Å². The van der Waals surface area contributed by atoms with Crippen LogP contribution in [0.3, 0.4) is 0 Å². The third-order valence-corrected chi connectivity index (χ3v) is 2.57. The van der Waals surface area contributed by atoms with Crippen LogP contribution in [0.5, 0.6) is 0 Å². The van der Waals surface area contributed by atoms with Crippen LogP contribution in [0.25, 0.3) is 10.9 Å². The molecule has 0 aliphatic heterocycles. The fourth-order valence-corrected chi connectivity index (χ4v) is 1.78. The van der Waals surface area contributed by atoms with E-state index in [-0.39, 0.29) is 5.28 Å². The summed E-state index contributed by atoms with van der Waals surface area (Å²) < 4.78 is 0. The molecule has 0 saturated carbocycles. The maximum atomic E-state index is 5.70. The van der Waals surface area contributed by atoms with Gasteiger partial charge in [0.1, 0.15) is 6.33 Å². The van der Waals surface area contributed by atoms with Gasteiger partial charge in [0.25, 0.3) is 0 Å². The molecule has 0 radical (unpaired) electrons. The molecule has 0 fully saturated rings. The average Bonchev–Trinajstić information content (AvgIpc) is 2.78. The minimum Gasteiger partial charge on any atom is -0.361 e. The number of hydrogen-bond donors (Lipinski definition) is 2. The Hall–Kier alpha value is -2.14. The molecule has 5 nitrogen and oxygen atoms in total. The second-order valence-corrected chi connectivity index (χ2v) is 3.79. The van der Waals surface area contributed by atoms with Gasteiger partial charge in [0.05, 0.1) is 5.69 Å². The lowest BCUT2D eigenvalue weighted by molar-refractivity contribution is 1.05. The van der Waals surface area contributed by atoms with Crippen LogP contribution >= 0.6 is 11.6 Å².